The van der Waals surface area contributed by atoms with Crippen LogP contribution in [0.1, 0.15) is 16.2 Å². The van der Waals surface area contributed by atoms with Crippen LogP contribution in [0.15, 0.2) is 64.3 Å². The van der Waals surface area contributed by atoms with Crippen molar-refractivity contribution in [3.8, 4) is 17.2 Å². The van der Waals surface area contributed by atoms with Crippen LogP contribution in [0.3, 0.4) is 0 Å². The average Bonchev–Trinajstić information content (AvgIpc) is 2.88. The number of amides is 1. The number of aryl methyl sites for hydroxylation is 1. The van der Waals surface area contributed by atoms with E-state index in [4.69, 9.17) is 9.47 Å². The fourth-order valence-corrected chi connectivity index (χ4v) is 5.52. The molecule has 0 bridgehead atoms. The molecule has 2 heterocycles. The standard InChI is InChI=1S/C24H26N4O6S/c1-17-15-20(29)23(25-28(17)18-7-5-4-6-8-18)24(30)26-11-13-27(14-12-26)35(31,32)22-16-19(33-2)9-10-21(22)34-3/h4-10,15-16H,11-14H2,1-3H3. The normalized spacial score (nSPS) is 14.5. The minimum Gasteiger partial charge on any atom is -0.497 e. The van der Waals surface area contributed by atoms with E-state index in [0.29, 0.717) is 11.4 Å². The van der Waals surface area contributed by atoms with Gasteiger partial charge < -0.3 is 14.4 Å². The lowest BCUT2D eigenvalue weighted by molar-refractivity contribution is 0.0688. The highest BCUT2D eigenvalue weighted by Crippen LogP contribution is 2.31. The quantitative estimate of drug-likeness (QED) is 0.509. The third-order valence-corrected chi connectivity index (χ3v) is 7.75. The van der Waals surface area contributed by atoms with Crippen LogP contribution in [0.5, 0.6) is 11.5 Å². The van der Waals surface area contributed by atoms with Crippen molar-refractivity contribution < 1.29 is 22.7 Å². The van der Waals surface area contributed by atoms with E-state index in [1.807, 2.05) is 30.3 Å². The van der Waals surface area contributed by atoms with E-state index in [1.54, 1.807) is 17.7 Å². The highest BCUT2D eigenvalue weighted by atomic mass is 32.2. The van der Waals surface area contributed by atoms with E-state index >= 15 is 0 Å². The van der Waals surface area contributed by atoms with Crippen LogP contribution in [0.4, 0.5) is 0 Å². The molecule has 1 aliphatic heterocycles. The van der Waals surface area contributed by atoms with Gasteiger partial charge in [-0.05, 0) is 31.2 Å². The highest BCUT2D eigenvalue weighted by molar-refractivity contribution is 7.89. The van der Waals surface area contributed by atoms with Crippen LogP contribution >= 0.6 is 0 Å². The molecule has 0 saturated carbocycles. The number of nitrogens with zero attached hydrogens (tertiary/aromatic N) is 4. The first kappa shape index (κ1) is 24.4. The van der Waals surface area contributed by atoms with Crippen LogP contribution in [0.25, 0.3) is 5.69 Å². The molecule has 2 aromatic carbocycles. The molecule has 11 heteroatoms. The number of hydrogen-bond donors (Lipinski definition) is 0. The van der Waals surface area contributed by atoms with Crippen LogP contribution in [-0.2, 0) is 10.0 Å². The molecule has 0 spiro atoms. The summed E-state index contributed by atoms with van der Waals surface area (Å²) in [6.07, 6.45) is 0. The maximum Gasteiger partial charge on any atom is 0.278 e. The fraction of sp³-hybridized carbons (Fsp3) is 0.292. The number of piperazine rings is 1. The Hall–Kier alpha value is -3.70. The van der Waals surface area contributed by atoms with Crippen LogP contribution in [-0.4, -0.2) is 73.7 Å². The van der Waals surface area contributed by atoms with Crippen molar-refractivity contribution in [2.75, 3.05) is 40.4 Å². The van der Waals surface area contributed by atoms with Gasteiger partial charge >= 0.3 is 0 Å². The van der Waals surface area contributed by atoms with Gasteiger partial charge in [0, 0.05) is 44.0 Å². The van der Waals surface area contributed by atoms with Crippen LogP contribution in [0.2, 0.25) is 0 Å². The van der Waals surface area contributed by atoms with Crippen molar-refractivity contribution in [3.63, 3.8) is 0 Å². The molecule has 1 fully saturated rings. The van der Waals surface area contributed by atoms with Crippen LogP contribution in [0, 0.1) is 6.92 Å². The molecule has 1 aliphatic rings. The van der Waals surface area contributed by atoms with Crippen molar-refractivity contribution in [2.24, 2.45) is 0 Å². The first-order chi connectivity index (χ1) is 16.8. The molecular weight excluding hydrogens is 472 g/mol. The third kappa shape index (κ3) is 4.77. The van der Waals surface area contributed by atoms with Gasteiger partial charge in [0.15, 0.2) is 5.69 Å². The number of sulfonamides is 1. The molecule has 1 saturated heterocycles. The van der Waals surface area contributed by atoms with E-state index in [2.05, 4.69) is 5.10 Å². The number of benzene rings is 2. The molecular formula is C24H26N4O6S. The molecule has 3 aromatic rings. The zero-order valence-corrected chi connectivity index (χ0v) is 20.5. The Labute approximate surface area is 203 Å². The molecule has 35 heavy (non-hydrogen) atoms. The molecule has 0 aliphatic carbocycles. The Kier molecular flexibility index (Phi) is 6.90. The zero-order chi connectivity index (χ0) is 25.2. The molecule has 184 valence electrons. The number of aromatic nitrogens is 2. The number of hydrogen-bond acceptors (Lipinski definition) is 7. The Bertz CT molecular complexity index is 1400. The van der Waals surface area contributed by atoms with Crippen LogP contribution < -0.4 is 14.9 Å². The number of carbonyl (C=O) groups is 1. The van der Waals surface area contributed by atoms with Gasteiger partial charge in [0.05, 0.1) is 19.9 Å². The van der Waals surface area contributed by atoms with Crippen molar-refractivity contribution in [3.05, 3.63) is 76.2 Å². The van der Waals surface area contributed by atoms with E-state index in [1.165, 1.54) is 41.6 Å². The maximum atomic E-state index is 13.3. The summed E-state index contributed by atoms with van der Waals surface area (Å²) < 4.78 is 39.8. The molecule has 4 rings (SSSR count). The summed E-state index contributed by atoms with van der Waals surface area (Å²) in [5.41, 5.74) is 0.643. The maximum absolute atomic E-state index is 13.3. The van der Waals surface area contributed by atoms with E-state index in [9.17, 15) is 18.0 Å². The lowest BCUT2D eigenvalue weighted by Crippen LogP contribution is -2.51. The Balaban J connectivity index is 1.55. The lowest BCUT2D eigenvalue weighted by atomic mass is 10.2. The van der Waals surface area contributed by atoms with Gasteiger partial charge in [0.25, 0.3) is 5.91 Å². The summed E-state index contributed by atoms with van der Waals surface area (Å²) in [5.74, 6) is 0.0589. The van der Waals surface area contributed by atoms with Gasteiger partial charge in [0.1, 0.15) is 16.4 Å². The van der Waals surface area contributed by atoms with Crippen molar-refractivity contribution in [1.29, 1.82) is 0 Å². The second-order valence-corrected chi connectivity index (χ2v) is 9.87. The second-order valence-electron chi connectivity index (χ2n) is 7.96. The van der Waals surface area contributed by atoms with Gasteiger partial charge in [-0.15, -0.1) is 0 Å². The lowest BCUT2D eigenvalue weighted by Gasteiger charge is -2.34. The van der Waals surface area contributed by atoms with Gasteiger partial charge in [-0.25, -0.2) is 13.1 Å². The van der Waals surface area contributed by atoms with E-state index < -0.39 is 21.4 Å². The fourth-order valence-electron chi connectivity index (χ4n) is 3.93. The summed E-state index contributed by atoms with van der Waals surface area (Å²) in [6, 6.07) is 15.1. The van der Waals surface area contributed by atoms with Gasteiger partial charge in [-0.1, -0.05) is 18.2 Å². The summed E-state index contributed by atoms with van der Waals surface area (Å²) in [4.78, 5) is 27.2. The van der Waals surface area contributed by atoms with Gasteiger partial charge in [0.2, 0.25) is 15.5 Å². The molecule has 0 unspecified atom stereocenters. The summed E-state index contributed by atoms with van der Waals surface area (Å²) >= 11 is 0. The molecule has 10 nitrogen and oxygen atoms in total. The molecule has 0 N–H and O–H groups in total. The topological polar surface area (TPSA) is 111 Å². The smallest absolute Gasteiger partial charge is 0.278 e. The largest absolute Gasteiger partial charge is 0.497 e. The monoisotopic (exact) mass is 498 g/mol. The van der Waals surface area contributed by atoms with Crippen molar-refractivity contribution in [1.82, 2.24) is 19.0 Å². The van der Waals surface area contributed by atoms with Gasteiger partial charge in [-0.3, -0.25) is 9.59 Å². The number of para-hydroxylation sites is 1. The summed E-state index contributed by atoms with van der Waals surface area (Å²) in [7, 11) is -1.05. The third-order valence-electron chi connectivity index (χ3n) is 5.83. The number of rotatable bonds is 6. The Morgan fingerprint density at radius 2 is 1.63 bits per heavy atom. The first-order valence-corrected chi connectivity index (χ1v) is 12.4. The van der Waals surface area contributed by atoms with Gasteiger partial charge in [-0.2, -0.15) is 9.40 Å². The number of carbonyl (C=O) groups excluding carboxylic acids is 1. The minimum atomic E-state index is -3.90. The molecule has 1 amide bonds. The highest BCUT2D eigenvalue weighted by Gasteiger charge is 2.33. The zero-order valence-electron chi connectivity index (χ0n) is 19.7. The predicted molar refractivity (Wildman–Crippen MR) is 129 cm³/mol. The second kappa shape index (κ2) is 9.88. The SMILES string of the molecule is COc1ccc(OC)c(S(=O)(=O)N2CCN(C(=O)c3nn(-c4ccccc4)c(C)cc3=O)CC2)c1. The molecule has 0 radical (unpaired) electrons. The average molecular weight is 499 g/mol. The summed E-state index contributed by atoms with van der Waals surface area (Å²) in [5, 5.41) is 4.33. The van der Waals surface area contributed by atoms with Crippen molar-refractivity contribution >= 4 is 15.9 Å². The minimum absolute atomic E-state index is 0.00919. The Morgan fingerprint density at radius 3 is 2.26 bits per heavy atom. The predicted octanol–water partition coefficient (Wildman–Crippen LogP) is 1.70. The molecule has 1 aromatic heterocycles. The number of methoxy groups -OCH3 is 2. The van der Waals surface area contributed by atoms with E-state index in [0.717, 1.165) is 5.69 Å². The van der Waals surface area contributed by atoms with Crippen molar-refractivity contribution in [2.45, 2.75) is 11.8 Å². The summed E-state index contributed by atoms with van der Waals surface area (Å²) in [6.45, 7) is 2.10. The first-order valence-electron chi connectivity index (χ1n) is 10.9. The number of ether oxygens (including phenoxy) is 2. The Morgan fingerprint density at radius 1 is 0.943 bits per heavy atom. The van der Waals surface area contributed by atoms with E-state index in [-0.39, 0.29) is 42.5 Å². The molecule has 0 atom stereocenters.